The van der Waals surface area contributed by atoms with Crippen LogP contribution in [-0.2, 0) is 13.0 Å². The lowest BCUT2D eigenvalue weighted by Gasteiger charge is -2.12. The Morgan fingerprint density at radius 2 is 2.25 bits per heavy atom. The van der Waals surface area contributed by atoms with E-state index in [0.717, 1.165) is 12.2 Å². The van der Waals surface area contributed by atoms with E-state index in [0.29, 0.717) is 6.04 Å². The molecule has 2 aromatic rings. The summed E-state index contributed by atoms with van der Waals surface area (Å²) >= 11 is 0. The highest BCUT2D eigenvalue weighted by Gasteiger charge is 2.21. The fourth-order valence-electron chi connectivity index (χ4n) is 2.33. The van der Waals surface area contributed by atoms with E-state index in [1.165, 1.54) is 24.0 Å². The summed E-state index contributed by atoms with van der Waals surface area (Å²) in [5, 5.41) is 7.41. The number of hydrogen-bond donors (Lipinski definition) is 1. The van der Waals surface area contributed by atoms with Gasteiger partial charge in [-0.2, -0.15) is 0 Å². The topological polar surface area (TPSA) is 38.1 Å². The summed E-state index contributed by atoms with van der Waals surface area (Å²) in [4.78, 5) is 0. The van der Waals surface area contributed by atoms with Gasteiger partial charge >= 0.3 is 0 Å². The van der Waals surface area contributed by atoms with Crippen molar-refractivity contribution in [2.24, 2.45) is 0 Å². The molecule has 0 aliphatic heterocycles. The van der Waals surface area contributed by atoms with Crippen molar-refractivity contribution in [1.82, 2.24) is 10.5 Å². The fraction of sp³-hybridized carbons (Fsp3) is 0.308. The van der Waals surface area contributed by atoms with Crippen LogP contribution in [0.2, 0.25) is 0 Å². The normalized spacial score (nSPS) is 18.6. The second kappa shape index (κ2) is 4.10. The van der Waals surface area contributed by atoms with Gasteiger partial charge in [-0.15, -0.1) is 0 Å². The molecule has 1 aromatic heterocycles. The Hall–Kier alpha value is -1.61. The first-order chi connectivity index (χ1) is 7.93. The van der Waals surface area contributed by atoms with E-state index in [-0.39, 0.29) is 0 Å². The zero-order valence-corrected chi connectivity index (χ0v) is 9.02. The lowest BCUT2D eigenvalue weighted by molar-refractivity contribution is 0.404. The Labute approximate surface area is 94.5 Å². The fourth-order valence-corrected chi connectivity index (χ4v) is 2.33. The largest absolute Gasteiger partial charge is 0.364 e. The summed E-state index contributed by atoms with van der Waals surface area (Å²) in [6.45, 7) is 0.773. The van der Waals surface area contributed by atoms with Crippen LogP contribution in [0.1, 0.15) is 29.3 Å². The van der Waals surface area contributed by atoms with Crippen molar-refractivity contribution in [3.8, 4) is 0 Å². The molecule has 16 heavy (non-hydrogen) atoms. The summed E-state index contributed by atoms with van der Waals surface area (Å²) in [6.07, 6.45) is 3.96. The van der Waals surface area contributed by atoms with E-state index in [4.69, 9.17) is 4.52 Å². The molecule has 0 spiro atoms. The van der Waals surface area contributed by atoms with Crippen molar-refractivity contribution in [2.45, 2.75) is 25.4 Å². The predicted molar refractivity (Wildman–Crippen MR) is 60.8 cm³/mol. The molecule has 1 heterocycles. The molecule has 1 aliphatic carbocycles. The van der Waals surface area contributed by atoms with Crippen molar-refractivity contribution in [3.63, 3.8) is 0 Å². The molecular weight excluding hydrogens is 200 g/mol. The highest BCUT2D eigenvalue weighted by molar-refractivity contribution is 5.34. The Kier molecular flexibility index (Phi) is 2.46. The van der Waals surface area contributed by atoms with Gasteiger partial charge in [-0.3, -0.25) is 0 Å². The van der Waals surface area contributed by atoms with Crippen LogP contribution in [-0.4, -0.2) is 5.16 Å². The van der Waals surface area contributed by atoms with E-state index in [2.05, 4.69) is 34.7 Å². The highest BCUT2D eigenvalue weighted by atomic mass is 16.5. The molecule has 0 amide bonds. The van der Waals surface area contributed by atoms with Crippen LogP contribution in [0.4, 0.5) is 0 Å². The number of fused-ring (bicyclic) bond motifs is 1. The van der Waals surface area contributed by atoms with Crippen LogP contribution in [0.25, 0.3) is 0 Å². The van der Waals surface area contributed by atoms with Crippen LogP contribution < -0.4 is 5.32 Å². The Morgan fingerprint density at radius 1 is 1.31 bits per heavy atom. The smallest absolute Gasteiger partial charge is 0.124 e. The second-order valence-corrected chi connectivity index (χ2v) is 4.16. The minimum atomic E-state index is 0.466. The average Bonchev–Trinajstić information content (AvgIpc) is 2.96. The van der Waals surface area contributed by atoms with E-state index in [1.54, 1.807) is 6.26 Å². The molecule has 1 aliphatic rings. The number of rotatable bonds is 3. The first-order valence-corrected chi connectivity index (χ1v) is 5.64. The van der Waals surface area contributed by atoms with Gasteiger partial charge in [0.05, 0.1) is 5.69 Å². The Morgan fingerprint density at radius 3 is 3.12 bits per heavy atom. The zero-order chi connectivity index (χ0) is 10.8. The van der Waals surface area contributed by atoms with Gasteiger partial charge in [0.2, 0.25) is 0 Å². The van der Waals surface area contributed by atoms with Gasteiger partial charge in [0.25, 0.3) is 0 Å². The minimum absolute atomic E-state index is 0.466. The number of aromatic nitrogens is 1. The molecule has 1 unspecified atom stereocenters. The first kappa shape index (κ1) is 9.60. The molecule has 1 aromatic carbocycles. The first-order valence-electron chi connectivity index (χ1n) is 5.64. The van der Waals surface area contributed by atoms with E-state index in [9.17, 15) is 0 Å². The summed E-state index contributed by atoms with van der Waals surface area (Å²) in [5.74, 6) is 0. The monoisotopic (exact) mass is 214 g/mol. The molecule has 1 N–H and O–H groups in total. The van der Waals surface area contributed by atoms with Gasteiger partial charge in [-0.1, -0.05) is 29.4 Å². The molecule has 82 valence electrons. The molecule has 3 heteroatoms. The van der Waals surface area contributed by atoms with Crippen LogP contribution in [0.15, 0.2) is 41.1 Å². The average molecular weight is 214 g/mol. The lowest BCUT2D eigenvalue weighted by atomic mass is 10.1. The lowest BCUT2D eigenvalue weighted by Crippen LogP contribution is -2.18. The maximum atomic E-state index is 4.81. The number of nitrogens with zero attached hydrogens (tertiary/aromatic N) is 1. The van der Waals surface area contributed by atoms with Gasteiger partial charge < -0.3 is 9.84 Å². The van der Waals surface area contributed by atoms with Gasteiger partial charge in [-0.25, -0.2) is 0 Å². The summed E-state index contributed by atoms with van der Waals surface area (Å²) in [5.41, 5.74) is 3.87. The molecular formula is C13H14N2O. The Balaban J connectivity index is 1.69. The minimum Gasteiger partial charge on any atom is -0.364 e. The highest BCUT2D eigenvalue weighted by Crippen LogP contribution is 2.30. The molecule has 3 nitrogen and oxygen atoms in total. The molecule has 0 bridgehead atoms. The molecule has 0 saturated carbocycles. The maximum Gasteiger partial charge on any atom is 0.124 e. The standard InChI is InChI=1S/C13H14N2O/c1-2-4-12-10(3-1)5-6-13(12)14-9-11-7-8-16-15-11/h1-4,7-8,13-14H,5-6,9H2. The SMILES string of the molecule is c1ccc2c(c1)CCC2NCc1ccon1. The maximum absolute atomic E-state index is 4.81. The number of aryl methyl sites for hydroxylation is 1. The number of hydrogen-bond acceptors (Lipinski definition) is 3. The van der Waals surface area contributed by atoms with Gasteiger partial charge in [0.1, 0.15) is 6.26 Å². The predicted octanol–water partition coefficient (Wildman–Crippen LogP) is 2.45. The van der Waals surface area contributed by atoms with Crippen LogP contribution in [0.3, 0.4) is 0 Å². The Bertz CT molecular complexity index is 465. The van der Waals surface area contributed by atoms with E-state index < -0.39 is 0 Å². The van der Waals surface area contributed by atoms with Gasteiger partial charge in [0, 0.05) is 18.7 Å². The van der Waals surface area contributed by atoms with Crippen molar-refractivity contribution in [2.75, 3.05) is 0 Å². The zero-order valence-electron chi connectivity index (χ0n) is 9.02. The molecule has 1 atom stereocenters. The summed E-state index contributed by atoms with van der Waals surface area (Å²) < 4.78 is 4.81. The third-order valence-electron chi connectivity index (χ3n) is 3.15. The van der Waals surface area contributed by atoms with Gasteiger partial charge in [-0.05, 0) is 24.0 Å². The third kappa shape index (κ3) is 1.74. The molecule has 0 fully saturated rings. The van der Waals surface area contributed by atoms with Crippen molar-refractivity contribution < 1.29 is 4.52 Å². The number of nitrogens with one attached hydrogen (secondary N) is 1. The van der Waals surface area contributed by atoms with Crippen molar-refractivity contribution in [3.05, 3.63) is 53.4 Å². The third-order valence-corrected chi connectivity index (χ3v) is 3.15. The second-order valence-electron chi connectivity index (χ2n) is 4.16. The van der Waals surface area contributed by atoms with Crippen molar-refractivity contribution in [1.29, 1.82) is 0 Å². The quantitative estimate of drug-likeness (QED) is 0.852. The van der Waals surface area contributed by atoms with Crippen molar-refractivity contribution >= 4 is 0 Å². The van der Waals surface area contributed by atoms with Gasteiger partial charge in [0.15, 0.2) is 0 Å². The van der Waals surface area contributed by atoms with Crippen LogP contribution >= 0.6 is 0 Å². The van der Waals surface area contributed by atoms with Crippen LogP contribution in [0, 0.1) is 0 Å². The number of benzene rings is 1. The molecule has 0 saturated heterocycles. The van der Waals surface area contributed by atoms with Crippen LogP contribution in [0.5, 0.6) is 0 Å². The van der Waals surface area contributed by atoms with E-state index >= 15 is 0 Å². The summed E-state index contributed by atoms with van der Waals surface area (Å²) in [6, 6.07) is 11.0. The van der Waals surface area contributed by atoms with E-state index in [1.807, 2.05) is 6.07 Å². The summed E-state index contributed by atoms with van der Waals surface area (Å²) in [7, 11) is 0. The molecule has 0 radical (unpaired) electrons. The molecule has 3 rings (SSSR count).